The number of carbonyl (C=O) groups excluding carboxylic acids is 2. The van der Waals surface area contributed by atoms with Crippen molar-refractivity contribution < 1.29 is 14.3 Å². The summed E-state index contributed by atoms with van der Waals surface area (Å²) in [6, 6.07) is 0.00403. The Labute approximate surface area is 107 Å². The summed E-state index contributed by atoms with van der Waals surface area (Å²) in [5.41, 5.74) is 0. The first-order valence-corrected chi connectivity index (χ1v) is 6.81. The fourth-order valence-electron chi connectivity index (χ4n) is 3.86. The molecule has 3 heterocycles. The molecule has 3 aliphatic rings. The first-order chi connectivity index (χ1) is 8.70. The van der Waals surface area contributed by atoms with E-state index in [2.05, 4.69) is 5.32 Å². The molecule has 2 bridgehead atoms. The number of nitrogens with one attached hydrogen (secondary N) is 1. The van der Waals surface area contributed by atoms with E-state index in [9.17, 15) is 9.59 Å². The van der Waals surface area contributed by atoms with Gasteiger partial charge in [0.2, 0.25) is 5.91 Å². The van der Waals surface area contributed by atoms with E-state index in [4.69, 9.17) is 4.74 Å². The van der Waals surface area contributed by atoms with Gasteiger partial charge in [0.15, 0.2) is 0 Å². The summed E-state index contributed by atoms with van der Waals surface area (Å²) in [4.78, 5) is 25.9. The van der Waals surface area contributed by atoms with E-state index >= 15 is 0 Å². The number of carbonyl (C=O) groups is 2. The average molecular weight is 252 g/mol. The molecule has 4 atom stereocenters. The molecule has 5 heteroatoms. The van der Waals surface area contributed by atoms with Crippen LogP contribution >= 0.6 is 0 Å². The van der Waals surface area contributed by atoms with Gasteiger partial charge in [-0.15, -0.1) is 0 Å². The Morgan fingerprint density at radius 3 is 3.11 bits per heavy atom. The highest BCUT2D eigenvalue weighted by Gasteiger charge is 2.48. The van der Waals surface area contributed by atoms with Gasteiger partial charge in [0.25, 0.3) is 0 Å². The second-order valence-corrected chi connectivity index (χ2v) is 5.68. The number of fused-ring (bicyclic) bond motifs is 4. The summed E-state index contributed by atoms with van der Waals surface area (Å²) in [7, 11) is 1.43. The van der Waals surface area contributed by atoms with Crippen LogP contribution in [0.4, 0.5) is 0 Å². The van der Waals surface area contributed by atoms with Crippen molar-refractivity contribution in [1.82, 2.24) is 10.2 Å². The molecule has 0 aliphatic carbocycles. The normalized spacial score (nSPS) is 39.2. The van der Waals surface area contributed by atoms with Gasteiger partial charge in [-0.05, 0) is 25.2 Å². The van der Waals surface area contributed by atoms with Crippen molar-refractivity contribution in [3.63, 3.8) is 0 Å². The van der Waals surface area contributed by atoms with Crippen molar-refractivity contribution in [3.05, 3.63) is 0 Å². The molecular formula is C13H20N2O3. The topological polar surface area (TPSA) is 58.6 Å². The van der Waals surface area contributed by atoms with E-state index in [1.807, 2.05) is 4.90 Å². The molecule has 5 nitrogen and oxygen atoms in total. The molecule has 3 fully saturated rings. The van der Waals surface area contributed by atoms with Crippen molar-refractivity contribution in [2.45, 2.75) is 37.8 Å². The van der Waals surface area contributed by atoms with Crippen molar-refractivity contribution in [2.24, 2.45) is 11.8 Å². The number of piperidine rings is 3. The predicted molar refractivity (Wildman–Crippen MR) is 64.8 cm³/mol. The smallest absolute Gasteiger partial charge is 0.323 e. The van der Waals surface area contributed by atoms with Crippen LogP contribution in [0.25, 0.3) is 0 Å². The number of ether oxygens (including phenoxy) is 1. The second-order valence-electron chi connectivity index (χ2n) is 5.68. The molecule has 2 unspecified atom stereocenters. The number of esters is 1. The third-order valence-electron chi connectivity index (χ3n) is 4.68. The number of methoxy groups -OCH3 is 1. The van der Waals surface area contributed by atoms with Gasteiger partial charge in [-0.1, -0.05) is 0 Å². The molecule has 3 rings (SSSR count). The fourth-order valence-corrected chi connectivity index (χ4v) is 3.86. The third kappa shape index (κ3) is 1.81. The maximum Gasteiger partial charge on any atom is 0.323 e. The molecule has 0 saturated carbocycles. The number of hydrogen-bond donors (Lipinski definition) is 1. The second kappa shape index (κ2) is 4.53. The van der Waals surface area contributed by atoms with Gasteiger partial charge < -0.3 is 15.0 Å². The molecule has 0 aromatic heterocycles. The van der Waals surface area contributed by atoms with Crippen LogP contribution < -0.4 is 5.32 Å². The number of hydrogen-bond acceptors (Lipinski definition) is 4. The van der Waals surface area contributed by atoms with Crippen LogP contribution in [-0.4, -0.2) is 49.1 Å². The molecule has 1 amide bonds. The molecule has 0 spiro atoms. The minimum absolute atomic E-state index is 0.182. The van der Waals surface area contributed by atoms with E-state index in [1.54, 1.807) is 0 Å². The lowest BCUT2D eigenvalue weighted by Crippen LogP contribution is -2.65. The van der Waals surface area contributed by atoms with Crippen molar-refractivity contribution >= 4 is 11.9 Å². The van der Waals surface area contributed by atoms with Gasteiger partial charge in [-0.3, -0.25) is 9.59 Å². The molecular weight excluding hydrogens is 232 g/mol. The van der Waals surface area contributed by atoms with Gasteiger partial charge in [0.05, 0.1) is 7.11 Å². The maximum atomic E-state index is 12.0. The summed E-state index contributed by atoms with van der Waals surface area (Å²) < 4.78 is 4.88. The lowest BCUT2D eigenvalue weighted by atomic mass is 9.72. The van der Waals surface area contributed by atoms with Crippen LogP contribution in [0, 0.1) is 11.8 Å². The Hall–Kier alpha value is -1.10. The summed E-state index contributed by atoms with van der Waals surface area (Å²) in [6.07, 6.45) is 3.70. The number of amides is 1. The summed E-state index contributed by atoms with van der Waals surface area (Å²) in [6.45, 7) is 1.67. The first-order valence-electron chi connectivity index (χ1n) is 6.81. The van der Waals surface area contributed by atoms with Crippen LogP contribution in [0.5, 0.6) is 0 Å². The average Bonchev–Trinajstić information content (AvgIpc) is 2.40. The van der Waals surface area contributed by atoms with Gasteiger partial charge >= 0.3 is 5.97 Å². The predicted octanol–water partition coefficient (Wildman–Crippen LogP) is 0.148. The minimum Gasteiger partial charge on any atom is -0.468 e. The van der Waals surface area contributed by atoms with Crippen molar-refractivity contribution in [3.8, 4) is 0 Å². The maximum absolute atomic E-state index is 12.0. The number of nitrogens with zero attached hydrogens (tertiary/aromatic N) is 1. The van der Waals surface area contributed by atoms with E-state index in [0.717, 1.165) is 32.4 Å². The molecule has 1 N–H and O–H groups in total. The summed E-state index contributed by atoms with van der Waals surface area (Å²) in [5.74, 6) is 0.813. The molecule has 3 saturated heterocycles. The zero-order valence-corrected chi connectivity index (χ0v) is 10.7. The molecule has 18 heavy (non-hydrogen) atoms. The van der Waals surface area contributed by atoms with E-state index < -0.39 is 0 Å². The van der Waals surface area contributed by atoms with Crippen LogP contribution in [0.2, 0.25) is 0 Å². The highest BCUT2D eigenvalue weighted by Crippen LogP contribution is 2.38. The minimum atomic E-state index is -0.232. The molecule has 0 aromatic carbocycles. The van der Waals surface area contributed by atoms with Gasteiger partial charge in [0.1, 0.15) is 6.04 Å². The summed E-state index contributed by atoms with van der Waals surface area (Å²) >= 11 is 0. The van der Waals surface area contributed by atoms with Gasteiger partial charge in [-0.2, -0.15) is 0 Å². The number of rotatable bonds is 1. The fraction of sp³-hybridized carbons (Fsp3) is 0.846. The van der Waals surface area contributed by atoms with Gasteiger partial charge in [-0.25, -0.2) is 0 Å². The highest BCUT2D eigenvalue weighted by molar-refractivity contribution is 5.79. The van der Waals surface area contributed by atoms with E-state index in [1.165, 1.54) is 7.11 Å². The largest absolute Gasteiger partial charge is 0.468 e. The van der Waals surface area contributed by atoms with Crippen LogP contribution in [0.3, 0.4) is 0 Å². The summed E-state index contributed by atoms with van der Waals surface area (Å²) in [5, 5.41) is 3.31. The lowest BCUT2D eigenvalue weighted by molar-refractivity contribution is -0.154. The Morgan fingerprint density at radius 1 is 1.50 bits per heavy atom. The zero-order chi connectivity index (χ0) is 12.7. The molecule has 3 aliphatic heterocycles. The Morgan fingerprint density at radius 2 is 2.33 bits per heavy atom. The van der Waals surface area contributed by atoms with Gasteiger partial charge in [0, 0.05) is 31.5 Å². The Balaban J connectivity index is 1.84. The van der Waals surface area contributed by atoms with Crippen LogP contribution in [0.1, 0.15) is 25.7 Å². The van der Waals surface area contributed by atoms with E-state index in [0.29, 0.717) is 12.3 Å². The highest BCUT2D eigenvalue weighted by atomic mass is 16.5. The van der Waals surface area contributed by atoms with Crippen LogP contribution in [-0.2, 0) is 14.3 Å². The lowest BCUT2D eigenvalue weighted by Gasteiger charge is -2.52. The molecule has 0 radical (unpaired) electrons. The van der Waals surface area contributed by atoms with Crippen molar-refractivity contribution in [1.29, 1.82) is 0 Å². The van der Waals surface area contributed by atoms with Crippen LogP contribution in [0.15, 0.2) is 0 Å². The SMILES string of the molecule is COC(=O)C1NC[C@@H]2C[C@@H]1C1CCCC(=O)N1C2. The van der Waals surface area contributed by atoms with E-state index in [-0.39, 0.29) is 29.9 Å². The third-order valence-corrected chi connectivity index (χ3v) is 4.68. The quantitative estimate of drug-likeness (QED) is 0.675. The standard InChI is InChI=1S/C13H20N2O3/c1-18-13(17)12-9-5-8(6-14-12)7-15-10(9)3-2-4-11(15)16/h8-10,12,14H,2-7H2,1H3/t8-,9+,10?,12?/m0/s1. The molecule has 100 valence electrons. The van der Waals surface area contributed by atoms with Crippen molar-refractivity contribution in [2.75, 3.05) is 20.2 Å². The first kappa shape index (κ1) is 12.0. The Bertz CT molecular complexity index is 371. The monoisotopic (exact) mass is 252 g/mol. The molecule has 0 aromatic rings. The zero-order valence-electron chi connectivity index (χ0n) is 10.7. The Kier molecular flexibility index (Phi) is 3.01.